The van der Waals surface area contributed by atoms with Crippen LogP contribution in [0.2, 0.25) is 5.02 Å². The maximum absolute atomic E-state index is 13.7. The lowest BCUT2D eigenvalue weighted by atomic mass is 10.1. The second-order valence-corrected chi connectivity index (χ2v) is 4.84. The number of halogens is 2. The molecule has 3 nitrogen and oxygen atoms in total. The zero-order valence-corrected chi connectivity index (χ0v) is 11.8. The fourth-order valence-electron chi connectivity index (χ4n) is 1.58. The van der Waals surface area contributed by atoms with Gasteiger partial charge in [0.15, 0.2) is 5.82 Å². The summed E-state index contributed by atoms with van der Waals surface area (Å²) >= 11 is 10.5. The Hall–Kier alpha value is -1.98. The van der Waals surface area contributed by atoms with E-state index in [-0.39, 0.29) is 15.7 Å². The fourth-order valence-corrected chi connectivity index (χ4v) is 1.89. The zero-order chi connectivity index (χ0) is 14.7. The van der Waals surface area contributed by atoms with Crippen molar-refractivity contribution in [1.82, 2.24) is 0 Å². The highest BCUT2D eigenvalue weighted by molar-refractivity contribution is 7.80. The van der Waals surface area contributed by atoms with E-state index in [1.54, 1.807) is 30.3 Å². The summed E-state index contributed by atoms with van der Waals surface area (Å²) in [6, 6.07) is 10.8. The predicted octanol–water partition coefficient (Wildman–Crippen LogP) is 3.37. The normalized spacial score (nSPS) is 10.1. The molecule has 6 heteroatoms. The van der Waals surface area contributed by atoms with E-state index in [1.165, 1.54) is 12.1 Å². The van der Waals surface area contributed by atoms with E-state index >= 15 is 0 Å². The first kappa shape index (κ1) is 14.4. The summed E-state index contributed by atoms with van der Waals surface area (Å²) in [5, 5.41) is 2.40. The Kier molecular flexibility index (Phi) is 4.32. The van der Waals surface area contributed by atoms with Crippen molar-refractivity contribution in [3.05, 3.63) is 64.4 Å². The van der Waals surface area contributed by atoms with Gasteiger partial charge >= 0.3 is 0 Å². The number of anilines is 1. The van der Waals surface area contributed by atoms with Gasteiger partial charge in [0.2, 0.25) is 0 Å². The second kappa shape index (κ2) is 5.98. The van der Waals surface area contributed by atoms with E-state index < -0.39 is 11.7 Å². The van der Waals surface area contributed by atoms with Crippen LogP contribution in [0.4, 0.5) is 10.1 Å². The molecule has 2 aromatic rings. The number of hydrogen-bond donors (Lipinski definition) is 2. The van der Waals surface area contributed by atoms with Gasteiger partial charge in [-0.15, -0.1) is 0 Å². The number of carbonyl (C=O) groups excluding carboxylic acids is 1. The third-order valence-corrected chi connectivity index (χ3v) is 3.16. The number of rotatable bonds is 3. The Bertz CT molecular complexity index is 673. The molecule has 20 heavy (non-hydrogen) atoms. The summed E-state index contributed by atoms with van der Waals surface area (Å²) in [6.07, 6.45) is 0. The molecular weight excluding hydrogens is 299 g/mol. The largest absolute Gasteiger partial charge is 0.389 e. The van der Waals surface area contributed by atoms with Crippen LogP contribution in [0.1, 0.15) is 15.9 Å². The number of benzene rings is 2. The van der Waals surface area contributed by atoms with E-state index in [0.717, 1.165) is 0 Å². The number of carbonyl (C=O) groups is 1. The average molecular weight is 309 g/mol. The first-order valence-electron chi connectivity index (χ1n) is 5.64. The summed E-state index contributed by atoms with van der Waals surface area (Å²) in [7, 11) is 0. The Morgan fingerprint density at radius 1 is 1.15 bits per heavy atom. The van der Waals surface area contributed by atoms with E-state index in [0.29, 0.717) is 11.1 Å². The minimum atomic E-state index is -0.665. The SMILES string of the molecule is NC(=S)c1ccc(C(=O)Nc2cccc(Cl)c2F)cc1. The van der Waals surface area contributed by atoms with Crippen molar-refractivity contribution in [2.24, 2.45) is 5.73 Å². The van der Waals surface area contributed by atoms with Gasteiger partial charge in [0, 0.05) is 11.1 Å². The van der Waals surface area contributed by atoms with E-state index in [2.05, 4.69) is 5.32 Å². The van der Waals surface area contributed by atoms with Crippen molar-refractivity contribution in [2.75, 3.05) is 5.32 Å². The van der Waals surface area contributed by atoms with Crippen LogP contribution >= 0.6 is 23.8 Å². The maximum atomic E-state index is 13.7. The molecule has 0 spiro atoms. The van der Waals surface area contributed by atoms with Gasteiger partial charge in [-0.05, 0) is 24.3 Å². The van der Waals surface area contributed by atoms with E-state index in [4.69, 9.17) is 29.6 Å². The molecule has 0 aliphatic rings. The Morgan fingerprint density at radius 2 is 1.75 bits per heavy atom. The van der Waals surface area contributed by atoms with E-state index in [1.807, 2.05) is 0 Å². The summed E-state index contributed by atoms with van der Waals surface area (Å²) in [4.78, 5) is 12.2. The molecule has 3 N–H and O–H groups in total. The number of nitrogens with one attached hydrogen (secondary N) is 1. The van der Waals surface area contributed by atoms with Crippen LogP contribution < -0.4 is 11.1 Å². The number of amides is 1. The van der Waals surface area contributed by atoms with Gasteiger partial charge in [0.05, 0.1) is 10.7 Å². The van der Waals surface area contributed by atoms with Crippen LogP contribution in [0.5, 0.6) is 0 Å². The molecule has 0 saturated carbocycles. The zero-order valence-electron chi connectivity index (χ0n) is 10.2. The fraction of sp³-hybridized carbons (Fsp3) is 0. The topological polar surface area (TPSA) is 55.1 Å². The molecule has 0 atom stereocenters. The van der Waals surface area contributed by atoms with Crippen molar-refractivity contribution < 1.29 is 9.18 Å². The number of nitrogens with two attached hydrogens (primary N) is 1. The molecule has 0 saturated heterocycles. The lowest BCUT2D eigenvalue weighted by Crippen LogP contribution is -2.14. The van der Waals surface area contributed by atoms with Crippen molar-refractivity contribution in [2.45, 2.75) is 0 Å². The molecule has 2 rings (SSSR count). The van der Waals surface area contributed by atoms with Crippen molar-refractivity contribution in [3.8, 4) is 0 Å². The van der Waals surface area contributed by atoms with Crippen LogP contribution in [0, 0.1) is 5.82 Å². The van der Waals surface area contributed by atoms with Gasteiger partial charge in [-0.25, -0.2) is 4.39 Å². The average Bonchev–Trinajstić information content (AvgIpc) is 2.44. The minimum Gasteiger partial charge on any atom is -0.389 e. The first-order chi connectivity index (χ1) is 9.49. The quantitative estimate of drug-likeness (QED) is 0.855. The molecule has 0 aliphatic carbocycles. The van der Waals surface area contributed by atoms with Gasteiger partial charge in [0.1, 0.15) is 4.99 Å². The monoisotopic (exact) mass is 308 g/mol. The molecule has 0 bridgehead atoms. The van der Waals surface area contributed by atoms with Crippen molar-refractivity contribution in [3.63, 3.8) is 0 Å². The van der Waals surface area contributed by atoms with Crippen molar-refractivity contribution >= 4 is 40.4 Å². The van der Waals surface area contributed by atoms with Crippen LogP contribution in [-0.2, 0) is 0 Å². The van der Waals surface area contributed by atoms with Crippen LogP contribution in [0.15, 0.2) is 42.5 Å². The highest BCUT2D eigenvalue weighted by atomic mass is 35.5. The Morgan fingerprint density at radius 3 is 2.35 bits per heavy atom. The molecular formula is C14H10ClFN2OS. The Balaban J connectivity index is 2.20. The maximum Gasteiger partial charge on any atom is 0.255 e. The smallest absolute Gasteiger partial charge is 0.255 e. The molecule has 0 aliphatic heterocycles. The lowest BCUT2D eigenvalue weighted by molar-refractivity contribution is 0.102. The van der Waals surface area contributed by atoms with E-state index in [9.17, 15) is 9.18 Å². The highest BCUT2D eigenvalue weighted by Crippen LogP contribution is 2.22. The molecule has 0 fully saturated rings. The third kappa shape index (κ3) is 3.12. The van der Waals surface area contributed by atoms with Crippen LogP contribution in [0.3, 0.4) is 0 Å². The molecule has 0 aromatic heterocycles. The number of hydrogen-bond acceptors (Lipinski definition) is 2. The molecule has 0 heterocycles. The van der Waals surface area contributed by atoms with Crippen LogP contribution in [0.25, 0.3) is 0 Å². The van der Waals surface area contributed by atoms with Gasteiger partial charge in [-0.2, -0.15) is 0 Å². The highest BCUT2D eigenvalue weighted by Gasteiger charge is 2.11. The number of thiocarbonyl (C=S) groups is 1. The minimum absolute atomic E-state index is 0.0286. The molecule has 0 unspecified atom stereocenters. The third-order valence-electron chi connectivity index (χ3n) is 2.63. The second-order valence-electron chi connectivity index (χ2n) is 4.00. The van der Waals surface area contributed by atoms with Crippen LogP contribution in [-0.4, -0.2) is 10.9 Å². The molecule has 2 aromatic carbocycles. The molecule has 0 radical (unpaired) electrons. The van der Waals surface area contributed by atoms with Gasteiger partial charge in [-0.1, -0.05) is 42.0 Å². The van der Waals surface area contributed by atoms with Gasteiger partial charge in [-0.3, -0.25) is 4.79 Å². The summed E-state index contributed by atoms with van der Waals surface area (Å²) in [5.74, 6) is -1.11. The summed E-state index contributed by atoms with van der Waals surface area (Å²) < 4.78 is 13.7. The van der Waals surface area contributed by atoms with Gasteiger partial charge < -0.3 is 11.1 Å². The standard InChI is InChI=1S/C14H10ClFN2OS/c15-10-2-1-3-11(12(10)16)18-14(19)9-6-4-8(5-7-9)13(17)20/h1-7H,(H2,17,20)(H,18,19). The van der Waals surface area contributed by atoms with Gasteiger partial charge in [0.25, 0.3) is 5.91 Å². The first-order valence-corrected chi connectivity index (χ1v) is 6.43. The summed E-state index contributed by atoms with van der Waals surface area (Å²) in [5.41, 5.74) is 6.52. The molecule has 102 valence electrons. The lowest BCUT2D eigenvalue weighted by Gasteiger charge is -2.07. The summed E-state index contributed by atoms with van der Waals surface area (Å²) in [6.45, 7) is 0. The molecule has 1 amide bonds. The Labute approximate surface area is 125 Å². The van der Waals surface area contributed by atoms with Crippen molar-refractivity contribution in [1.29, 1.82) is 0 Å². The predicted molar refractivity (Wildman–Crippen MR) is 81.7 cm³/mol.